The first-order valence-electron chi connectivity index (χ1n) is 7.40. The van der Waals surface area contributed by atoms with Crippen molar-refractivity contribution in [1.82, 2.24) is 4.90 Å². The van der Waals surface area contributed by atoms with Crippen LogP contribution in [-0.4, -0.2) is 37.1 Å². The van der Waals surface area contributed by atoms with E-state index in [0.29, 0.717) is 12.5 Å². The average molecular weight is 267 g/mol. The van der Waals surface area contributed by atoms with E-state index in [1.165, 1.54) is 0 Å². The van der Waals surface area contributed by atoms with Crippen LogP contribution in [0.15, 0.2) is 12.7 Å². The Kier molecular flexibility index (Phi) is 6.05. The Balaban J connectivity index is 2.74. The molecule has 19 heavy (non-hydrogen) atoms. The molecule has 1 rings (SSSR count). The van der Waals surface area contributed by atoms with Crippen molar-refractivity contribution < 1.29 is 9.53 Å². The Hall–Kier alpha value is -0.830. The molecule has 1 amide bonds. The fourth-order valence-corrected chi connectivity index (χ4v) is 2.81. The summed E-state index contributed by atoms with van der Waals surface area (Å²) >= 11 is 0. The number of carbonyl (C=O) groups is 1. The van der Waals surface area contributed by atoms with Crippen molar-refractivity contribution in [2.24, 2.45) is 17.3 Å². The monoisotopic (exact) mass is 267 g/mol. The van der Waals surface area contributed by atoms with Crippen molar-refractivity contribution >= 4 is 5.91 Å². The Labute approximate surface area is 118 Å². The zero-order chi connectivity index (χ0) is 14.5. The zero-order valence-corrected chi connectivity index (χ0v) is 12.9. The molecule has 0 aliphatic carbocycles. The van der Waals surface area contributed by atoms with Crippen LogP contribution >= 0.6 is 0 Å². The molecular formula is C16H29NO2. The Bertz CT molecular complexity index is 312. The summed E-state index contributed by atoms with van der Waals surface area (Å²) < 4.78 is 5.72. The molecule has 1 heterocycles. The molecule has 1 aliphatic heterocycles. The largest absolute Gasteiger partial charge is 0.377 e. The highest BCUT2D eigenvalue weighted by Crippen LogP contribution is 2.38. The topological polar surface area (TPSA) is 29.5 Å². The van der Waals surface area contributed by atoms with Gasteiger partial charge in [-0.1, -0.05) is 33.8 Å². The molecule has 1 saturated heterocycles. The van der Waals surface area contributed by atoms with Crippen LogP contribution in [0.4, 0.5) is 0 Å². The molecule has 0 saturated carbocycles. The third-order valence-electron chi connectivity index (χ3n) is 4.26. The maximum Gasteiger partial charge on any atom is 0.225 e. The van der Waals surface area contributed by atoms with E-state index < -0.39 is 0 Å². The standard InChI is InChI=1S/C16H29NO2/c1-6-10-19-12-16(14(4)5)8-7-9-17(11-16)15(18)13(2)3/h6,13-14H,1,7-12H2,2-5H3/t16-/m0/s1. The second-order valence-corrected chi connectivity index (χ2v) is 6.34. The second-order valence-electron chi connectivity index (χ2n) is 6.34. The maximum absolute atomic E-state index is 12.2. The smallest absolute Gasteiger partial charge is 0.225 e. The van der Waals surface area contributed by atoms with Gasteiger partial charge >= 0.3 is 0 Å². The molecule has 0 aromatic carbocycles. The van der Waals surface area contributed by atoms with E-state index in [9.17, 15) is 4.79 Å². The summed E-state index contributed by atoms with van der Waals surface area (Å²) in [5.74, 6) is 0.866. The predicted molar refractivity (Wildman–Crippen MR) is 78.9 cm³/mol. The summed E-state index contributed by atoms with van der Waals surface area (Å²) in [6.07, 6.45) is 4.01. The van der Waals surface area contributed by atoms with Gasteiger partial charge in [0.15, 0.2) is 0 Å². The quantitative estimate of drug-likeness (QED) is 0.546. The molecule has 1 atom stereocenters. The third-order valence-corrected chi connectivity index (χ3v) is 4.26. The minimum absolute atomic E-state index is 0.0806. The lowest BCUT2D eigenvalue weighted by Gasteiger charge is -2.46. The van der Waals surface area contributed by atoms with Crippen LogP contribution < -0.4 is 0 Å². The molecule has 0 bridgehead atoms. The Morgan fingerprint density at radius 2 is 2.11 bits per heavy atom. The van der Waals surface area contributed by atoms with Gasteiger partial charge in [-0.05, 0) is 18.8 Å². The van der Waals surface area contributed by atoms with E-state index in [0.717, 1.165) is 32.5 Å². The summed E-state index contributed by atoms with van der Waals surface area (Å²) in [5, 5.41) is 0. The van der Waals surface area contributed by atoms with Gasteiger partial charge in [0.1, 0.15) is 0 Å². The summed E-state index contributed by atoms with van der Waals surface area (Å²) in [4.78, 5) is 14.2. The van der Waals surface area contributed by atoms with Crippen molar-refractivity contribution in [3.8, 4) is 0 Å². The molecule has 0 unspecified atom stereocenters. The minimum atomic E-state index is 0.0806. The first-order chi connectivity index (χ1) is 8.93. The molecule has 0 spiro atoms. The van der Waals surface area contributed by atoms with Gasteiger partial charge in [0.05, 0.1) is 13.2 Å². The van der Waals surface area contributed by atoms with Crippen LogP contribution in [0.2, 0.25) is 0 Å². The first-order valence-corrected chi connectivity index (χ1v) is 7.40. The van der Waals surface area contributed by atoms with Crippen LogP contribution in [0, 0.1) is 17.3 Å². The number of rotatable bonds is 6. The predicted octanol–water partition coefficient (Wildman–Crippen LogP) is 3.11. The normalized spacial score (nSPS) is 24.0. The Morgan fingerprint density at radius 3 is 2.63 bits per heavy atom. The summed E-state index contributed by atoms with van der Waals surface area (Å²) in [6.45, 7) is 15.1. The summed E-state index contributed by atoms with van der Waals surface area (Å²) in [5.41, 5.74) is 0.103. The van der Waals surface area contributed by atoms with Crippen LogP contribution in [0.5, 0.6) is 0 Å². The minimum Gasteiger partial charge on any atom is -0.377 e. The van der Waals surface area contributed by atoms with Gasteiger partial charge in [0.25, 0.3) is 0 Å². The number of hydrogen-bond acceptors (Lipinski definition) is 2. The van der Waals surface area contributed by atoms with Gasteiger partial charge in [0.2, 0.25) is 5.91 Å². The second kappa shape index (κ2) is 7.09. The molecule has 0 radical (unpaired) electrons. The molecule has 1 fully saturated rings. The van der Waals surface area contributed by atoms with E-state index in [4.69, 9.17) is 4.74 Å². The van der Waals surface area contributed by atoms with E-state index in [1.807, 2.05) is 18.7 Å². The van der Waals surface area contributed by atoms with Gasteiger partial charge < -0.3 is 9.64 Å². The number of amides is 1. The first kappa shape index (κ1) is 16.2. The molecule has 0 aromatic heterocycles. The van der Waals surface area contributed by atoms with Crippen LogP contribution in [-0.2, 0) is 9.53 Å². The van der Waals surface area contributed by atoms with Gasteiger partial charge in [-0.15, -0.1) is 6.58 Å². The van der Waals surface area contributed by atoms with Crippen molar-refractivity contribution in [2.75, 3.05) is 26.3 Å². The number of piperidine rings is 1. The lowest BCUT2D eigenvalue weighted by molar-refractivity contribution is -0.140. The SMILES string of the molecule is C=CCOC[C@]1(C(C)C)CCCN(C(=O)C(C)C)C1. The number of nitrogens with zero attached hydrogens (tertiary/aromatic N) is 1. The number of ether oxygens (including phenoxy) is 1. The number of likely N-dealkylation sites (tertiary alicyclic amines) is 1. The van der Waals surface area contributed by atoms with Gasteiger partial charge in [0, 0.05) is 24.4 Å². The fraction of sp³-hybridized carbons (Fsp3) is 0.812. The molecule has 3 heteroatoms. The zero-order valence-electron chi connectivity index (χ0n) is 12.9. The van der Waals surface area contributed by atoms with Gasteiger partial charge in [-0.2, -0.15) is 0 Å². The van der Waals surface area contributed by atoms with Crippen LogP contribution in [0.3, 0.4) is 0 Å². The highest BCUT2D eigenvalue weighted by atomic mass is 16.5. The molecule has 1 aliphatic rings. The highest BCUT2D eigenvalue weighted by Gasteiger charge is 2.40. The summed E-state index contributed by atoms with van der Waals surface area (Å²) in [6, 6.07) is 0. The van der Waals surface area contributed by atoms with Crippen LogP contribution in [0.1, 0.15) is 40.5 Å². The highest BCUT2D eigenvalue weighted by molar-refractivity contribution is 5.78. The van der Waals surface area contributed by atoms with E-state index in [-0.39, 0.29) is 17.2 Å². The fourth-order valence-electron chi connectivity index (χ4n) is 2.81. The molecular weight excluding hydrogens is 238 g/mol. The van der Waals surface area contributed by atoms with Gasteiger partial charge in [-0.3, -0.25) is 4.79 Å². The maximum atomic E-state index is 12.2. The molecule has 3 nitrogen and oxygen atoms in total. The molecule has 0 N–H and O–H groups in total. The van der Waals surface area contributed by atoms with Crippen molar-refractivity contribution in [3.05, 3.63) is 12.7 Å². The molecule has 0 aromatic rings. The van der Waals surface area contributed by atoms with Crippen molar-refractivity contribution in [3.63, 3.8) is 0 Å². The summed E-state index contributed by atoms with van der Waals surface area (Å²) in [7, 11) is 0. The average Bonchev–Trinajstić information content (AvgIpc) is 2.38. The van der Waals surface area contributed by atoms with E-state index in [1.54, 1.807) is 6.08 Å². The van der Waals surface area contributed by atoms with E-state index in [2.05, 4.69) is 20.4 Å². The van der Waals surface area contributed by atoms with E-state index >= 15 is 0 Å². The van der Waals surface area contributed by atoms with Gasteiger partial charge in [-0.25, -0.2) is 0 Å². The van der Waals surface area contributed by atoms with Crippen LogP contribution in [0.25, 0.3) is 0 Å². The lowest BCUT2D eigenvalue weighted by atomic mass is 9.71. The van der Waals surface area contributed by atoms with Crippen molar-refractivity contribution in [1.29, 1.82) is 0 Å². The number of hydrogen-bond donors (Lipinski definition) is 0. The Morgan fingerprint density at radius 1 is 1.42 bits per heavy atom. The molecule has 110 valence electrons. The number of carbonyl (C=O) groups excluding carboxylic acids is 1. The lowest BCUT2D eigenvalue weighted by Crippen LogP contribution is -2.51. The third kappa shape index (κ3) is 4.07. The van der Waals surface area contributed by atoms with Crippen molar-refractivity contribution in [2.45, 2.75) is 40.5 Å².